The number of aromatic nitrogens is 2. The van der Waals surface area contributed by atoms with Crippen LogP contribution in [0.1, 0.15) is 17.0 Å². The summed E-state index contributed by atoms with van der Waals surface area (Å²) in [5, 5.41) is 6.56. The predicted molar refractivity (Wildman–Crippen MR) is 61.0 cm³/mol. The Balaban J connectivity index is 1.82. The second-order valence-electron chi connectivity index (χ2n) is 3.74. The van der Waals surface area contributed by atoms with Gasteiger partial charge in [-0.15, -0.1) is 0 Å². The SMILES string of the molecule is Cc1cc(CC(=O)NCc2cccnc2)no1. The molecule has 0 aliphatic heterocycles. The normalized spacial score (nSPS) is 10.2. The Bertz CT molecular complexity index is 493. The Hall–Kier alpha value is -2.17. The van der Waals surface area contributed by atoms with Crippen molar-refractivity contribution in [2.45, 2.75) is 19.9 Å². The van der Waals surface area contributed by atoms with E-state index in [2.05, 4.69) is 15.5 Å². The quantitative estimate of drug-likeness (QED) is 0.859. The second-order valence-corrected chi connectivity index (χ2v) is 3.74. The van der Waals surface area contributed by atoms with Crippen LogP contribution in [-0.2, 0) is 17.8 Å². The van der Waals surface area contributed by atoms with Crippen molar-refractivity contribution < 1.29 is 9.32 Å². The van der Waals surface area contributed by atoms with Crippen LogP contribution in [0.15, 0.2) is 35.1 Å². The minimum atomic E-state index is -0.0813. The Morgan fingerprint density at radius 2 is 2.41 bits per heavy atom. The molecule has 5 nitrogen and oxygen atoms in total. The molecule has 1 amide bonds. The van der Waals surface area contributed by atoms with E-state index < -0.39 is 0 Å². The molecule has 17 heavy (non-hydrogen) atoms. The van der Waals surface area contributed by atoms with Crippen LogP contribution >= 0.6 is 0 Å². The summed E-state index contributed by atoms with van der Waals surface area (Å²) in [5.41, 5.74) is 1.61. The molecule has 0 unspecified atom stereocenters. The van der Waals surface area contributed by atoms with E-state index in [1.165, 1.54) is 0 Å². The Labute approximate surface area is 98.8 Å². The molecule has 0 aromatic carbocycles. The fraction of sp³-hybridized carbons (Fsp3) is 0.250. The number of rotatable bonds is 4. The van der Waals surface area contributed by atoms with Crippen LogP contribution in [0.2, 0.25) is 0 Å². The number of amides is 1. The molecule has 0 saturated carbocycles. The molecule has 0 atom stereocenters. The van der Waals surface area contributed by atoms with Crippen LogP contribution in [0, 0.1) is 6.92 Å². The van der Waals surface area contributed by atoms with E-state index in [4.69, 9.17) is 4.52 Å². The first kappa shape index (κ1) is 11.3. The fourth-order valence-corrected chi connectivity index (χ4v) is 1.43. The summed E-state index contributed by atoms with van der Waals surface area (Å²) in [6.07, 6.45) is 3.65. The number of hydrogen-bond acceptors (Lipinski definition) is 4. The van der Waals surface area contributed by atoms with Crippen molar-refractivity contribution in [3.63, 3.8) is 0 Å². The van der Waals surface area contributed by atoms with Crippen molar-refractivity contribution in [1.29, 1.82) is 0 Å². The summed E-state index contributed by atoms with van der Waals surface area (Å²) >= 11 is 0. The van der Waals surface area contributed by atoms with Crippen LogP contribution in [0.25, 0.3) is 0 Å². The number of nitrogens with one attached hydrogen (secondary N) is 1. The highest BCUT2D eigenvalue weighted by molar-refractivity contribution is 5.78. The number of hydrogen-bond donors (Lipinski definition) is 1. The van der Waals surface area contributed by atoms with Crippen LogP contribution in [0.5, 0.6) is 0 Å². The van der Waals surface area contributed by atoms with Crippen molar-refractivity contribution in [2.24, 2.45) is 0 Å². The first-order valence-corrected chi connectivity index (χ1v) is 5.32. The molecule has 0 spiro atoms. The van der Waals surface area contributed by atoms with Gasteiger partial charge in [0.2, 0.25) is 5.91 Å². The lowest BCUT2D eigenvalue weighted by atomic mass is 10.2. The molecule has 2 heterocycles. The lowest BCUT2D eigenvalue weighted by molar-refractivity contribution is -0.120. The summed E-state index contributed by atoms with van der Waals surface area (Å²) in [5.74, 6) is 0.627. The van der Waals surface area contributed by atoms with E-state index in [1.54, 1.807) is 25.4 Å². The summed E-state index contributed by atoms with van der Waals surface area (Å²) in [6.45, 7) is 2.27. The van der Waals surface area contributed by atoms with E-state index >= 15 is 0 Å². The predicted octanol–water partition coefficient (Wildman–Crippen LogP) is 1.24. The van der Waals surface area contributed by atoms with Crippen molar-refractivity contribution in [3.05, 3.63) is 47.6 Å². The minimum Gasteiger partial charge on any atom is -0.361 e. The summed E-state index contributed by atoms with van der Waals surface area (Å²) in [6, 6.07) is 5.50. The van der Waals surface area contributed by atoms with Gasteiger partial charge < -0.3 is 9.84 Å². The van der Waals surface area contributed by atoms with Gasteiger partial charge in [-0.05, 0) is 18.6 Å². The molecule has 5 heteroatoms. The summed E-state index contributed by atoms with van der Waals surface area (Å²) < 4.78 is 4.89. The molecule has 0 saturated heterocycles. The van der Waals surface area contributed by atoms with E-state index in [0.29, 0.717) is 18.0 Å². The molecule has 1 N–H and O–H groups in total. The van der Waals surface area contributed by atoms with Gasteiger partial charge in [0, 0.05) is 25.0 Å². The highest BCUT2D eigenvalue weighted by Gasteiger charge is 2.07. The summed E-state index contributed by atoms with van der Waals surface area (Å²) in [4.78, 5) is 15.6. The largest absolute Gasteiger partial charge is 0.361 e. The Morgan fingerprint density at radius 3 is 3.06 bits per heavy atom. The van der Waals surface area contributed by atoms with Gasteiger partial charge >= 0.3 is 0 Å². The third-order valence-electron chi connectivity index (χ3n) is 2.23. The third-order valence-corrected chi connectivity index (χ3v) is 2.23. The van der Waals surface area contributed by atoms with Crippen molar-refractivity contribution >= 4 is 5.91 Å². The van der Waals surface area contributed by atoms with E-state index in [-0.39, 0.29) is 12.3 Å². The van der Waals surface area contributed by atoms with Crippen LogP contribution in [0.4, 0.5) is 0 Å². The fourth-order valence-electron chi connectivity index (χ4n) is 1.43. The second kappa shape index (κ2) is 5.25. The zero-order valence-electron chi connectivity index (χ0n) is 9.51. The highest BCUT2D eigenvalue weighted by Crippen LogP contribution is 2.02. The number of aryl methyl sites for hydroxylation is 1. The topological polar surface area (TPSA) is 68.0 Å². The van der Waals surface area contributed by atoms with Crippen molar-refractivity contribution in [1.82, 2.24) is 15.5 Å². The van der Waals surface area contributed by atoms with Crippen LogP contribution in [-0.4, -0.2) is 16.0 Å². The van der Waals surface area contributed by atoms with Gasteiger partial charge in [-0.1, -0.05) is 11.2 Å². The maximum Gasteiger partial charge on any atom is 0.226 e. The average molecular weight is 231 g/mol. The summed E-state index contributed by atoms with van der Waals surface area (Å²) in [7, 11) is 0. The first-order chi connectivity index (χ1) is 8.24. The van der Waals surface area contributed by atoms with Gasteiger partial charge in [0.1, 0.15) is 5.76 Å². The molecule has 0 fully saturated rings. The molecule has 0 aliphatic rings. The molecule has 88 valence electrons. The van der Waals surface area contributed by atoms with Gasteiger partial charge in [0.05, 0.1) is 12.1 Å². The van der Waals surface area contributed by atoms with Crippen LogP contribution in [0.3, 0.4) is 0 Å². The Morgan fingerprint density at radius 1 is 1.53 bits per heavy atom. The molecular formula is C12H13N3O2. The van der Waals surface area contributed by atoms with E-state index in [9.17, 15) is 4.79 Å². The molecular weight excluding hydrogens is 218 g/mol. The molecule has 0 aliphatic carbocycles. The van der Waals surface area contributed by atoms with Gasteiger partial charge in [-0.3, -0.25) is 9.78 Å². The smallest absolute Gasteiger partial charge is 0.226 e. The zero-order chi connectivity index (χ0) is 12.1. The molecule has 2 aromatic heterocycles. The monoisotopic (exact) mass is 231 g/mol. The van der Waals surface area contributed by atoms with Crippen LogP contribution < -0.4 is 5.32 Å². The van der Waals surface area contributed by atoms with Crippen molar-refractivity contribution in [2.75, 3.05) is 0 Å². The maximum absolute atomic E-state index is 11.6. The van der Waals surface area contributed by atoms with Gasteiger partial charge in [0.25, 0.3) is 0 Å². The van der Waals surface area contributed by atoms with Gasteiger partial charge in [-0.2, -0.15) is 0 Å². The van der Waals surface area contributed by atoms with Gasteiger partial charge in [0.15, 0.2) is 0 Å². The standard InChI is InChI=1S/C12H13N3O2/c1-9-5-11(15-17-9)6-12(16)14-8-10-3-2-4-13-7-10/h2-5,7H,6,8H2,1H3,(H,14,16). The first-order valence-electron chi connectivity index (χ1n) is 5.32. The zero-order valence-corrected chi connectivity index (χ0v) is 9.51. The van der Waals surface area contributed by atoms with E-state index in [0.717, 1.165) is 5.56 Å². The molecule has 2 rings (SSSR count). The molecule has 2 aromatic rings. The van der Waals surface area contributed by atoms with Crippen molar-refractivity contribution in [3.8, 4) is 0 Å². The average Bonchev–Trinajstić information content (AvgIpc) is 2.73. The minimum absolute atomic E-state index is 0.0813. The number of nitrogens with zero attached hydrogens (tertiary/aromatic N) is 2. The molecule has 0 bridgehead atoms. The maximum atomic E-state index is 11.6. The lowest BCUT2D eigenvalue weighted by Crippen LogP contribution is -2.24. The Kier molecular flexibility index (Phi) is 3.49. The lowest BCUT2D eigenvalue weighted by Gasteiger charge is -2.02. The van der Waals surface area contributed by atoms with E-state index in [1.807, 2.05) is 12.1 Å². The molecule has 0 radical (unpaired) electrons. The van der Waals surface area contributed by atoms with Gasteiger partial charge in [-0.25, -0.2) is 0 Å². The number of pyridine rings is 1. The third kappa shape index (κ3) is 3.41. The number of carbonyl (C=O) groups excluding carboxylic acids is 1. The number of carbonyl (C=O) groups is 1. The highest BCUT2D eigenvalue weighted by atomic mass is 16.5.